The van der Waals surface area contributed by atoms with Gasteiger partial charge in [0.1, 0.15) is 5.78 Å². The number of fused-ring (bicyclic) bond motifs is 5. The molecular weight excluding hydrogens is 452 g/mol. The number of aliphatic hydroxyl groups is 1. The van der Waals surface area contributed by atoms with Crippen LogP contribution in [0.3, 0.4) is 0 Å². The van der Waals surface area contributed by atoms with Crippen LogP contribution in [-0.2, 0) is 19.4 Å². The maximum Gasteiger partial charge on any atom is 0.397 e. The van der Waals surface area contributed by atoms with Gasteiger partial charge in [-0.3, -0.25) is 9.35 Å². The van der Waals surface area contributed by atoms with Crippen LogP contribution in [0, 0.1) is 46.3 Å². The molecule has 0 radical (unpaired) electrons. The van der Waals surface area contributed by atoms with Gasteiger partial charge in [0.2, 0.25) is 0 Å². The SMILES string of the molecule is CC(C)CC(=O)C[C@@H](C)C1CC[C@H]2C3C[C@H](O)[C@H]4C[C@@H](OS(=O)(=O)O)CC[C@]4(C)C3=CC[C@]12C. The van der Waals surface area contributed by atoms with Crippen molar-refractivity contribution in [3.05, 3.63) is 11.6 Å². The number of Topliss-reactive ketones (excluding diaryl/α,β-unsaturated/α-hetero) is 1. The molecule has 0 aromatic heterocycles. The van der Waals surface area contributed by atoms with E-state index < -0.39 is 22.6 Å². The molecule has 2 N–H and O–H groups in total. The van der Waals surface area contributed by atoms with Gasteiger partial charge in [0, 0.05) is 12.8 Å². The Morgan fingerprint density at radius 1 is 1.12 bits per heavy atom. The first-order chi connectivity index (χ1) is 15.7. The monoisotopic (exact) mass is 496 g/mol. The Bertz CT molecular complexity index is 925. The summed E-state index contributed by atoms with van der Waals surface area (Å²) in [4.78, 5) is 12.6. The van der Waals surface area contributed by atoms with E-state index in [2.05, 4.69) is 40.7 Å². The predicted molar refractivity (Wildman–Crippen MR) is 131 cm³/mol. The molecule has 2 unspecified atom stereocenters. The Morgan fingerprint density at radius 3 is 2.47 bits per heavy atom. The lowest BCUT2D eigenvalue weighted by atomic mass is 9.47. The van der Waals surface area contributed by atoms with E-state index in [4.69, 9.17) is 8.74 Å². The van der Waals surface area contributed by atoms with Gasteiger partial charge in [0.25, 0.3) is 0 Å². The summed E-state index contributed by atoms with van der Waals surface area (Å²) in [6, 6.07) is 0. The third-order valence-electron chi connectivity index (χ3n) is 10.2. The molecule has 0 bridgehead atoms. The van der Waals surface area contributed by atoms with Crippen LogP contribution in [0.1, 0.15) is 92.4 Å². The van der Waals surface area contributed by atoms with Crippen molar-refractivity contribution in [3.63, 3.8) is 0 Å². The zero-order valence-corrected chi connectivity index (χ0v) is 22.3. The summed E-state index contributed by atoms with van der Waals surface area (Å²) in [6.07, 6.45) is 8.48. The van der Waals surface area contributed by atoms with Crippen LogP contribution < -0.4 is 0 Å². The van der Waals surface area contributed by atoms with Crippen LogP contribution in [0.2, 0.25) is 0 Å². The molecule has 7 heteroatoms. The van der Waals surface area contributed by atoms with Gasteiger partial charge in [-0.05, 0) is 91.3 Å². The second-order valence-corrected chi connectivity index (χ2v) is 13.9. The average Bonchev–Trinajstić information content (AvgIpc) is 3.05. The molecule has 6 nitrogen and oxygen atoms in total. The normalized spacial score (nSPS) is 43.0. The van der Waals surface area contributed by atoms with Crippen molar-refractivity contribution in [2.24, 2.45) is 46.3 Å². The molecule has 0 aliphatic heterocycles. The van der Waals surface area contributed by atoms with E-state index in [0.717, 1.165) is 25.7 Å². The van der Waals surface area contributed by atoms with Gasteiger partial charge in [0.05, 0.1) is 12.2 Å². The van der Waals surface area contributed by atoms with Gasteiger partial charge in [-0.2, -0.15) is 8.42 Å². The van der Waals surface area contributed by atoms with E-state index in [-0.39, 0.29) is 16.7 Å². The molecular formula is C27H44O6S. The van der Waals surface area contributed by atoms with E-state index in [1.807, 2.05) is 0 Å². The minimum Gasteiger partial charge on any atom is -0.393 e. The van der Waals surface area contributed by atoms with Gasteiger partial charge >= 0.3 is 10.4 Å². The summed E-state index contributed by atoms with van der Waals surface area (Å²) in [7, 11) is -4.49. The maximum atomic E-state index is 12.6. The topological polar surface area (TPSA) is 101 Å². The number of ketones is 1. The molecule has 0 heterocycles. The lowest BCUT2D eigenvalue weighted by molar-refractivity contribution is -0.121. The Hall–Kier alpha value is -0.760. The van der Waals surface area contributed by atoms with E-state index >= 15 is 0 Å². The van der Waals surface area contributed by atoms with Crippen LogP contribution in [0.25, 0.3) is 0 Å². The van der Waals surface area contributed by atoms with Crippen LogP contribution >= 0.6 is 0 Å². The fourth-order valence-corrected chi connectivity index (χ4v) is 9.33. The van der Waals surface area contributed by atoms with Crippen molar-refractivity contribution in [2.45, 2.75) is 105 Å². The summed E-state index contributed by atoms with van der Waals surface area (Å²) in [5.41, 5.74) is 1.44. The van der Waals surface area contributed by atoms with Crippen molar-refractivity contribution in [3.8, 4) is 0 Å². The third kappa shape index (κ3) is 4.79. The molecule has 194 valence electrons. The van der Waals surface area contributed by atoms with Crippen LogP contribution in [0.15, 0.2) is 11.6 Å². The van der Waals surface area contributed by atoms with Crippen molar-refractivity contribution >= 4 is 16.2 Å². The summed E-state index contributed by atoms with van der Waals surface area (Å²) >= 11 is 0. The second kappa shape index (κ2) is 9.28. The zero-order chi connectivity index (χ0) is 25.1. The molecule has 3 saturated carbocycles. The van der Waals surface area contributed by atoms with Gasteiger partial charge in [0.15, 0.2) is 0 Å². The number of hydrogen-bond donors (Lipinski definition) is 2. The van der Waals surface area contributed by atoms with Gasteiger partial charge in [-0.25, -0.2) is 4.18 Å². The lowest BCUT2D eigenvalue weighted by Gasteiger charge is -2.58. The number of allylic oxidation sites excluding steroid dienone is 2. The molecule has 9 atom stereocenters. The predicted octanol–water partition coefficient (Wildman–Crippen LogP) is 5.37. The molecule has 0 spiro atoms. The molecule has 3 fully saturated rings. The van der Waals surface area contributed by atoms with Crippen molar-refractivity contribution in [1.82, 2.24) is 0 Å². The molecule has 0 amide bonds. The van der Waals surface area contributed by atoms with Crippen molar-refractivity contribution < 1.29 is 27.1 Å². The Morgan fingerprint density at radius 2 is 1.82 bits per heavy atom. The minimum atomic E-state index is -4.49. The number of aliphatic hydroxyl groups excluding tert-OH is 1. The quantitative estimate of drug-likeness (QED) is 0.363. The van der Waals surface area contributed by atoms with Crippen LogP contribution in [0.5, 0.6) is 0 Å². The highest BCUT2D eigenvalue weighted by Gasteiger charge is 2.60. The van der Waals surface area contributed by atoms with E-state index in [0.29, 0.717) is 67.5 Å². The molecule has 0 aromatic rings. The molecule has 34 heavy (non-hydrogen) atoms. The third-order valence-corrected chi connectivity index (χ3v) is 10.7. The molecule has 4 aliphatic rings. The molecule has 0 aromatic carbocycles. The van der Waals surface area contributed by atoms with E-state index in [1.165, 1.54) is 5.57 Å². The highest BCUT2D eigenvalue weighted by molar-refractivity contribution is 7.80. The van der Waals surface area contributed by atoms with Gasteiger partial charge < -0.3 is 5.11 Å². The van der Waals surface area contributed by atoms with E-state index in [9.17, 15) is 18.3 Å². The first-order valence-electron chi connectivity index (χ1n) is 13.3. The average molecular weight is 497 g/mol. The zero-order valence-electron chi connectivity index (χ0n) is 21.5. The molecule has 4 aliphatic carbocycles. The summed E-state index contributed by atoms with van der Waals surface area (Å²) in [5.74, 6) is 2.48. The number of rotatable bonds is 7. The summed E-state index contributed by atoms with van der Waals surface area (Å²) < 4.78 is 36.5. The lowest BCUT2D eigenvalue weighted by Crippen LogP contribution is -2.54. The van der Waals surface area contributed by atoms with Gasteiger partial charge in [-0.15, -0.1) is 0 Å². The highest BCUT2D eigenvalue weighted by Crippen LogP contribution is 2.66. The first kappa shape index (κ1) is 26.3. The first-order valence-corrected chi connectivity index (χ1v) is 14.7. The van der Waals surface area contributed by atoms with Crippen molar-refractivity contribution in [1.29, 1.82) is 0 Å². The Labute approximate surface area is 205 Å². The fraction of sp³-hybridized carbons (Fsp3) is 0.889. The highest BCUT2D eigenvalue weighted by atomic mass is 32.3. The fourth-order valence-electron chi connectivity index (χ4n) is 8.81. The van der Waals surface area contributed by atoms with Crippen molar-refractivity contribution in [2.75, 3.05) is 0 Å². The smallest absolute Gasteiger partial charge is 0.393 e. The standard InChI is InChI=1S/C27H44O6S/c1-16(2)12-18(28)13-17(3)21-6-7-22-20-15-25(29)24-14-19(33-34(30,31)32)8-10-27(24,5)23(20)9-11-26(21,22)4/h9,16-17,19-22,24-25,29H,6-8,10-15H2,1-5H3,(H,30,31,32)/t17-,19+,20?,21?,22+,24-,25+,26-,27-/m1/s1. The largest absolute Gasteiger partial charge is 0.397 e. The number of carbonyl (C=O) groups is 1. The van der Waals surface area contributed by atoms with E-state index in [1.54, 1.807) is 0 Å². The Balaban J connectivity index is 1.53. The summed E-state index contributed by atoms with van der Waals surface area (Å²) in [6.45, 7) is 11.1. The Kier molecular flexibility index (Phi) is 7.18. The van der Waals surface area contributed by atoms with Crippen LogP contribution in [0.4, 0.5) is 0 Å². The van der Waals surface area contributed by atoms with Crippen LogP contribution in [-0.4, -0.2) is 36.1 Å². The number of carbonyl (C=O) groups excluding carboxylic acids is 1. The summed E-state index contributed by atoms with van der Waals surface area (Å²) in [5, 5.41) is 11.3. The second-order valence-electron chi connectivity index (χ2n) is 12.8. The molecule has 4 rings (SSSR count). The maximum absolute atomic E-state index is 12.6. The van der Waals surface area contributed by atoms with Gasteiger partial charge in [-0.1, -0.05) is 46.3 Å². The number of hydrogen-bond acceptors (Lipinski definition) is 5. The molecule has 0 saturated heterocycles. The minimum absolute atomic E-state index is 0.0652.